The Morgan fingerprint density at radius 3 is 1.55 bits per heavy atom. The average Bonchev–Trinajstić information content (AvgIpc) is 2.70. The van der Waals surface area contributed by atoms with E-state index >= 15 is 0 Å². The summed E-state index contributed by atoms with van der Waals surface area (Å²) in [6.45, 7) is 2.27. The van der Waals surface area contributed by atoms with Crippen molar-refractivity contribution in [2.45, 2.75) is 129 Å². The molecule has 0 aliphatic heterocycles. The van der Waals surface area contributed by atoms with Crippen molar-refractivity contribution in [2.75, 3.05) is 12.0 Å². The third kappa shape index (κ3) is 20.3. The van der Waals surface area contributed by atoms with Gasteiger partial charge in [-0.3, -0.25) is 4.79 Å². The molecule has 29 heavy (non-hydrogen) atoms. The van der Waals surface area contributed by atoms with E-state index in [0.29, 0.717) is 12.8 Å². The lowest BCUT2D eigenvalue weighted by Crippen LogP contribution is -2.41. The predicted octanol–water partition coefficient (Wildman–Crippen LogP) is 6.96. The highest BCUT2D eigenvalue weighted by Gasteiger charge is 2.18. The van der Waals surface area contributed by atoms with Crippen molar-refractivity contribution in [3.63, 3.8) is 0 Å². The fourth-order valence-electron chi connectivity index (χ4n) is 3.59. The van der Waals surface area contributed by atoms with Crippen LogP contribution >= 0.6 is 11.8 Å². The molecule has 1 amide bonds. The number of carbonyl (C=O) groups excluding carboxylic acids is 1. The van der Waals surface area contributed by atoms with E-state index in [1.807, 2.05) is 6.26 Å². The second-order valence-corrected chi connectivity index (χ2v) is 9.28. The smallest absolute Gasteiger partial charge is 0.326 e. The zero-order valence-corrected chi connectivity index (χ0v) is 20.0. The maximum absolute atomic E-state index is 11.9. The Labute approximate surface area is 184 Å². The Kier molecular flexibility index (Phi) is 21.4. The highest BCUT2D eigenvalue weighted by molar-refractivity contribution is 7.98. The van der Waals surface area contributed by atoms with E-state index in [1.54, 1.807) is 11.8 Å². The highest BCUT2D eigenvalue weighted by Crippen LogP contribution is 2.14. The fraction of sp³-hybridized carbons (Fsp3) is 0.917. The van der Waals surface area contributed by atoms with Gasteiger partial charge in [0.05, 0.1) is 0 Å². The summed E-state index contributed by atoms with van der Waals surface area (Å²) in [6.07, 6.45) is 23.9. The number of carboxylic acids is 1. The van der Waals surface area contributed by atoms with Crippen molar-refractivity contribution in [3.05, 3.63) is 0 Å². The van der Waals surface area contributed by atoms with E-state index in [2.05, 4.69) is 12.2 Å². The lowest BCUT2D eigenvalue weighted by atomic mass is 10.0. The van der Waals surface area contributed by atoms with E-state index in [1.165, 1.54) is 89.9 Å². The molecule has 0 aromatic heterocycles. The average molecular weight is 430 g/mol. The van der Waals surface area contributed by atoms with Crippen molar-refractivity contribution in [1.29, 1.82) is 0 Å². The molecule has 4 nitrogen and oxygen atoms in total. The van der Waals surface area contributed by atoms with E-state index in [-0.39, 0.29) is 5.91 Å². The molecule has 0 heterocycles. The number of nitrogens with one attached hydrogen (secondary N) is 1. The van der Waals surface area contributed by atoms with Gasteiger partial charge < -0.3 is 10.4 Å². The molecule has 5 heteroatoms. The summed E-state index contributed by atoms with van der Waals surface area (Å²) in [5.41, 5.74) is 0. The number of rotatable bonds is 22. The molecule has 0 aromatic carbocycles. The first-order valence-electron chi connectivity index (χ1n) is 12.1. The van der Waals surface area contributed by atoms with Gasteiger partial charge >= 0.3 is 5.97 Å². The van der Waals surface area contributed by atoms with Crippen LogP contribution in [0.5, 0.6) is 0 Å². The van der Waals surface area contributed by atoms with Gasteiger partial charge in [-0.2, -0.15) is 11.8 Å². The molecule has 0 saturated carbocycles. The van der Waals surface area contributed by atoms with Gasteiger partial charge in [0.15, 0.2) is 0 Å². The van der Waals surface area contributed by atoms with Crippen LogP contribution in [0.4, 0.5) is 0 Å². The van der Waals surface area contributed by atoms with Crippen LogP contribution in [0.3, 0.4) is 0 Å². The van der Waals surface area contributed by atoms with Gasteiger partial charge in [-0.25, -0.2) is 4.79 Å². The van der Waals surface area contributed by atoms with E-state index in [0.717, 1.165) is 18.6 Å². The number of hydrogen-bond donors (Lipinski definition) is 2. The minimum absolute atomic E-state index is 0.121. The molecule has 1 atom stereocenters. The molecule has 0 saturated heterocycles. The third-order valence-electron chi connectivity index (χ3n) is 5.50. The molecule has 172 valence electrons. The van der Waals surface area contributed by atoms with Gasteiger partial charge in [-0.05, 0) is 24.9 Å². The molecule has 0 spiro atoms. The zero-order valence-electron chi connectivity index (χ0n) is 19.2. The lowest BCUT2D eigenvalue weighted by Gasteiger charge is -2.13. The van der Waals surface area contributed by atoms with Crippen LogP contribution in [0, 0.1) is 0 Å². The number of hydrogen-bond acceptors (Lipinski definition) is 3. The number of carbonyl (C=O) groups is 2. The molecule has 0 aromatic rings. The number of amides is 1. The molecule has 2 N–H and O–H groups in total. The summed E-state index contributed by atoms with van der Waals surface area (Å²) in [5, 5.41) is 11.8. The Morgan fingerprint density at radius 2 is 1.17 bits per heavy atom. The zero-order chi connectivity index (χ0) is 21.6. The van der Waals surface area contributed by atoms with Crippen LogP contribution < -0.4 is 5.32 Å². The molecule has 0 aliphatic rings. The van der Waals surface area contributed by atoms with Crippen molar-refractivity contribution in [3.8, 4) is 0 Å². The van der Waals surface area contributed by atoms with Gasteiger partial charge in [-0.1, -0.05) is 103 Å². The van der Waals surface area contributed by atoms with Crippen LogP contribution in [0.25, 0.3) is 0 Å². The summed E-state index contributed by atoms with van der Waals surface area (Å²) in [4.78, 5) is 23.0. The Bertz CT molecular complexity index is 390. The van der Waals surface area contributed by atoms with Crippen LogP contribution in [-0.4, -0.2) is 35.0 Å². The lowest BCUT2D eigenvalue weighted by molar-refractivity contribution is -0.141. The largest absolute Gasteiger partial charge is 0.480 e. The second kappa shape index (κ2) is 22.0. The molecular weight excluding hydrogens is 382 g/mol. The number of thioether (sulfide) groups is 1. The molecule has 0 fully saturated rings. The van der Waals surface area contributed by atoms with Gasteiger partial charge in [0.25, 0.3) is 0 Å². The summed E-state index contributed by atoms with van der Waals surface area (Å²) in [7, 11) is 0. The van der Waals surface area contributed by atoms with Gasteiger partial charge in [0.2, 0.25) is 5.91 Å². The second-order valence-electron chi connectivity index (χ2n) is 8.29. The summed E-state index contributed by atoms with van der Waals surface area (Å²) >= 11 is 1.60. The van der Waals surface area contributed by atoms with Crippen LogP contribution in [0.15, 0.2) is 0 Å². The molecule has 0 bridgehead atoms. The Hall–Kier alpha value is -0.710. The standard InChI is InChI=1S/C24H47NO3S/c1-3-4-5-6-7-8-9-10-11-12-13-14-15-16-17-18-19-23(26)25-22(24(27)28)20-21-29-2/h22H,3-21H2,1-2H3,(H,25,26)(H,27,28). The molecule has 1 unspecified atom stereocenters. The van der Waals surface area contributed by atoms with Gasteiger partial charge in [0, 0.05) is 6.42 Å². The molecule has 0 aliphatic carbocycles. The van der Waals surface area contributed by atoms with E-state index in [4.69, 9.17) is 5.11 Å². The van der Waals surface area contributed by atoms with Crippen molar-refractivity contribution in [2.24, 2.45) is 0 Å². The van der Waals surface area contributed by atoms with Crippen LogP contribution in [0.2, 0.25) is 0 Å². The Morgan fingerprint density at radius 1 is 0.759 bits per heavy atom. The van der Waals surface area contributed by atoms with Crippen molar-refractivity contribution in [1.82, 2.24) is 5.32 Å². The van der Waals surface area contributed by atoms with Crippen molar-refractivity contribution < 1.29 is 14.7 Å². The monoisotopic (exact) mass is 429 g/mol. The van der Waals surface area contributed by atoms with Crippen LogP contribution in [0.1, 0.15) is 122 Å². The number of carboxylic acid groups (broad SMARTS) is 1. The first kappa shape index (κ1) is 28.3. The van der Waals surface area contributed by atoms with Crippen molar-refractivity contribution >= 4 is 23.6 Å². The van der Waals surface area contributed by atoms with E-state index in [9.17, 15) is 9.59 Å². The fourth-order valence-corrected chi connectivity index (χ4v) is 4.06. The maximum Gasteiger partial charge on any atom is 0.326 e. The molecule has 0 rings (SSSR count). The predicted molar refractivity (Wildman–Crippen MR) is 127 cm³/mol. The quantitative estimate of drug-likeness (QED) is 0.183. The number of unbranched alkanes of at least 4 members (excludes halogenated alkanes) is 15. The first-order chi connectivity index (χ1) is 14.1. The number of aliphatic carboxylic acids is 1. The first-order valence-corrected chi connectivity index (χ1v) is 13.5. The molecule has 0 radical (unpaired) electrons. The Balaban J connectivity index is 3.36. The summed E-state index contributed by atoms with van der Waals surface area (Å²) in [6, 6.07) is -0.740. The minimum atomic E-state index is -0.931. The third-order valence-corrected chi connectivity index (χ3v) is 6.15. The summed E-state index contributed by atoms with van der Waals surface area (Å²) in [5.74, 6) is -0.306. The minimum Gasteiger partial charge on any atom is -0.480 e. The normalized spacial score (nSPS) is 12.1. The van der Waals surface area contributed by atoms with Gasteiger partial charge in [0.1, 0.15) is 6.04 Å². The summed E-state index contributed by atoms with van der Waals surface area (Å²) < 4.78 is 0. The molecular formula is C24H47NO3S. The van der Waals surface area contributed by atoms with E-state index < -0.39 is 12.0 Å². The van der Waals surface area contributed by atoms with Crippen LogP contribution in [-0.2, 0) is 9.59 Å². The topological polar surface area (TPSA) is 66.4 Å². The van der Waals surface area contributed by atoms with Gasteiger partial charge in [-0.15, -0.1) is 0 Å². The maximum atomic E-state index is 11.9. The SMILES string of the molecule is CCCCCCCCCCCCCCCCCCC(=O)NC(CCSC)C(=O)O. The highest BCUT2D eigenvalue weighted by atomic mass is 32.2.